The van der Waals surface area contributed by atoms with Gasteiger partial charge in [-0.25, -0.2) is 4.79 Å². The number of ether oxygens (including phenoxy) is 1. The van der Waals surface area contributed by atoms with E-state index in [2.05, 4.69) is 0 Å². The molecule has 1 aromatic carbocycles. The number of halogens is 6. The number of hydrogen-bond donors (Lipinski definition) is 1. The fourth-order valence-corrected chi connectivity index (χ4v) is 2.04. The molecule has 1 saturated carbocycles. The van der Waals surface area contributed by atoms with E-state index in [1.165, 1.54) is 0 Å². The number of benzene rings is 1. The largest absolute Gasteiger partial charge is 0.459 e. The van der Waals surface area contributed by atoms with Gasteiger partial charge in [0.15, 0.2) is 0 Å². The highest BCUT2D eigenvalue weighted by atomic mass is 19.4. The van der Waals surface area contributed by atoms with Crippen molar-refractivity contribution in [1.29, 1.82) is 0 Å². The van der Waals surface area contributed by atoms with Crippen LogP contribution in [-0.2, 0) is 10.3 Å². The molecule has 1 aliphatic rings. The summed E-state index contributed by atoms with van der Waals surface area (Å²) in [6.07, 6.45) is -9.96. The van der Waals surface area contributed by atoms with Gasteiger partial charge in [0.05, 0.1) is 5.56 Å². The van der Waals surface area contributed by atoms with Crippen molar-refractivity contribution in [3.8, 4) is 0 Å². The molecule has 9 heteroatoms. The second-order valence-electron chi connectivity index (χ2n) is 5.24. The molecule has 1 N–H and O–H groups in total. The molecule has 0 saturated heterocycles. The van der Waals surface area contributed by atoms with Crippen LogP contribution in [-0.4, -0.2) is 29.5 Å². The van der Waals surface area contributed by atoms with Crippen molar-refractivity contribution in [3.63, 3.8) is 0 Å². The second kappa shape index (κ2) is 5.70. The SMILES string of the molecule is O=C(OC1CCC1)c1ccc(C(O)(C(F)(F)F)C(F)(F)F)cc1. The van der Waals surface area contributed by atoms with Gasteiger partial charge in [0, 0.05) is 5.56 Å². The first-order valence-electron chi connectivity index (χ1n) is 6.64. The Morgan fingerprint density at radius 2 is 1.48 bits per heavy atom. The summed E-state index contributed by atoms with van der Waals surface area (Å²) >= 11 is 0. The molecule has 128 valence electrons. The molecular weight excluding hydrogens is 330 g/mol. The molecule has 0 spiro atoms. The quantitative estimate of drug-likeness (QED) is 0.673. The maximum atomic E-state index is 12.7. The van der Waals surface area contributed by atoms with E-state index in [-0.39, 0.29) is 11.7 Å². The first-order chi connectivity index (χ1) is 10.5. The number of carbonyl (C=O) groups excluding carboxylic acids is 1. The van der Waals surface area contributed by atoms with E-state index >= 15 is 0 Å². The van der Waals surface area contributed by atoms with Gasteiger partial charge in [-0.2, -0.15) is 26.3 Å². The van der Waals surface area contributed by atoms with Crippen LogP contribution in [0.2, 0.25) is 0 Å². The van der Waals surface area contributed by atoms with Gasteiger partial charge in [0.2, 0.25) is 0 Å². The summed E-state index contributed by atoms with van der Waals surface area (Å²) in [7, 11) is 0. The Morgan fingerprint density at radius 3 is 1.83 bits per heavy atom. The normalized spacial score (nSPS) is 16.8. The molecule has 0 aromatic heterocycles. The molecule has 0 radical (unpaired) electrons. The highest BCUT2D eigenvalue weighted by Crippen LogP contribution is 2.49. The average Bonchev–Trinajstić information content (AvgIpc) is 2.39. The third kappa shape index (κ3) is 3.15. The van der Waals surface area contributed by atoms with Crippen LogP contribution in [0, 0.1) is 0 Å². The van der Waals surface area contributed by atoms with Gasteiger partial charge in [0.25, 0.3) is 5.60 Å². The van der Waals surface area contributed by atoms with Crippen LogP contribution in [0.15, 0.2) is 24.3 Å². The van der Waals surface area contributed by atoms with Crippen molar-refractivity contribution < 1.29 is 41.0 Å². The average molecular weight is 342 g/mol. The fraction of sp³-hybridized carbons (Fsp3) is 0.500. The molecule has 0 amide bonds. The minimum Gasteiger partial charge on any atom is -0.459 e. The summed E-state index contributed by atoms with van der Waals surface area (Å²) in [4.78, 5) is 11.7. The summed E-state index contributed by atoms with van der Waals surface area (Å²) < 4.78 is 81.2. The van der Waals surface area contributed by atoms with Crippen molar-refractivity contribution >= 4 is 5.97 Å². The van der Waals surface area contributed by atoms with Gasteiger partial charge in [-0.05, 0) is 31.4 Å². The van der Waals surface area contributed by atoms with E-state index in [4.69, 9.17) is 4.74 Å². The Labute approximate surface area is 126 Å². The van der Waals surface area contributed by atoms with E-state index in [0.717, 1.165) is 18.6 Å². The molecule has 3 nitrogen and oxygen atoms in total. The standard InChI is InChI=1S/C14H12F6O3/c15-13(16,17)12(22,14(18,19)20)9-6-4-8(5-7-9)11(21)23-10-2-1-3-10/h4-7,10,22H,1-3H2. The first-order valence-corrected chi connectivity index (χ1v) is 6.64. The topological polar surface area (TPSA) is 46.5 Å². The van der Waals surface area contributed by atoms with E-state index < -0.39 is 29.5 Å². The molecular formula is C14H12F6O3. The zero-order valence-corrected chi connectivity index (χ0v) is 11.5. The van der Waals surface area contributed by atoms with Crippen LogP contribution >= 0.6 is 0 Å². The highest BCUT2D eigenvalue weighted by Gasteiger charge is 2.71. The summed E-state index contributed by atoms with van der Waals surface area (Å²) in [6, 6.07) is 2.36. The van der Waals surface area contributed by atoms with Crippen LogP contribution in [0.5, 0.6) is 0 Å². The zero-order chi connectivity index (χ0) is 17.5. The van der Waals surface area contributed by atoms with Crippen LogP contribution in [0.4, 0.5) is 26.3 Å². The predicted molar refractivity (Wildman–Crippen MR) is 65.5 cm³/mol. The highest BCUT2D eigenvalue weighted by molar-refractivity contribution is 5.89. The molecule has 1 fully saturated rings. The number of aliphatic hydroxyl groups is 1. The number of rotatable bonds is 3. The number of hydrogen-bond acceptors (Lipinski definition) is 3. The van der Waals surface area contributed by atoms with Crippen LogP contribution in [0.3, 0.4) is 0 Å². The number of esters is 1. The summed E-state index contributed by atoms with van der Waals surface area (Å²) in [5, 5.41) is 9.21. The van der Waals surface area contributed by atoms with Crippen LogP contribution in [0.1, 0.15) is 35.2 Å². The zero-order valence-electron chi connectivity index (χ0n) is 11.5. The van der Waals surface area contributed by atoms with Crippen molar-refractivity contribution in [2.24, 2.45) is 0 Å². The number of alkyl halides is 6. The Kier molecular flexibility index (Phi) is 4.36. The van der Waals surface area contributed by atoms with Gasteiger partial charge in [-0.15, -0.1) is 0 Å². The lowest BCUT2D eigenvalue weighted by molar-refractivity contribution is -0.376. The molecule has 2 rings (SSSR count). The van der Waals surface area contributed by atoms with Gasteiger partial charge in [-0.1, -0.05) is 12.1 Å². The van der Waals surface area contributed by atoms with E-state index in [1.807, 2.05) is 0 Å². The summed E-state index contributed by atoms with van der Waals surface area (Å²) in [5.74, 6) is -0.830. The Balaban J connectivity index is 2.27. The predicted octanol–water partition coefficient (Wildman–Crippen LogP) is 3.71. The minimum absolute atomic E-state index is 0.188. The maximum absolute atomic E-state index is 12.7. The van der Waals surface area contributed by atoms with Crippen LogP contribution < -0.4 is 0 Å². The van der Waals surface area contributed by atoms with Crippen molar-refractivity contribution in [2.45, 2.75) is 43.3 Å². The lowest BCUT2D eigenvalue weighted by Crippen LogP contribution is -2.53. The van der Waals surface area contributed by atoms with Crippen molar-refractivity contribution in [2.75, 3.05) is 0 Å². The maximum Gasteiger partial charge on any atom is 0.430 e. The third-order valence-corrected chi connectivity index (χ3v) is 3.68. The molecule has 0 unspecified atom stereocenters. The Morgan fingerprint density at radius 1 is 1.00 bits per heavy atom. The molecule has 0 heterocycles. The molecule has 0 atom stereocenters. The third-order valence-electron chi connectivity index (χ3n) is 3.68. The van der Waals surface area contributed by atoms with E-state index in [0.29, 0.717) is 25.0 Å². The summed E-state index contributed by atoms with van der Waals surface area (Å²) in [6.45, 7) is 0. The smallest absolute Gasteiger partial charge is 0.430 e. The lowest BCUT2D eigenvalue weighted by Gasteiger charge is -2.32. The van der Waals surface area contributed by atoms with Crippen molar-refractivity contribution in [1.82, 2.24) is 0 Å². The monoisotopic (exact) mass is 342 g/mol. The molecule has 0 aliphatic heterocycles. The van der Waals surface area contributed by atoms with Gasteiger partial charge < -0.3 is 9.84 Å². The van der Waals surface area contributed by atoms with E-state index in [1.54, 1.807) is 0 Å². The second-order valence-corrected chi connectivity index (χ2v) is 5.24. The van der Waals surface area contributed by atoms with Crippen molar-refractivity contribution in [3.05, 3.63) is 35.4 Å². The minimum atomic E-state index is -5.96. The molecule has 1 aliphatic carbocycles. The van der Waals surface area contributed by atoms with Crippen LogP contribution in [0.25, 0.3) is 0 Å². The molecule has 1 aromatic rings. The molecule has 0 bridgehead atoms. The lowest BCUT2D eigenvalue weighted by atomic mass is 9.91. The number of carbonyl (C=O) groups is 1. The first kappa shape index (κ1) is 17.6. The van der Waals surface area contributed by atoms with Gasteiger partial charge in [0.1, 0.15) is 6.10 Å². The van der Waals surface area contributed by atoms with Gasteiger partial charge in [-0.3, -0.25) is 0 Å². The molecule has 23 heavy (non-hydrogen) atoms. The van der Waals surface area contributed by atoms with E-state index in [9.17, 15) is 36.2 Å². The summed E-state index contributed by atoms with van der Waals surface area (Å²) in [5.41, 5.74) is -6.61. The Hall–Kier alpha value is -1.77. The van der Waals surface area contributed by atoms with Gasteiger partial charge >= 0.3 is 18.3 Å². The Bertz CT molecular complexity index is 558. The fourth-order valence-electron chi connectivity index (χ4n) is 2.04.